The number of hydrogen-bond donors (Lipinski definition) is 3. The molecular formula is C22H24N4O. The summed E-state index contributed by atoms with van der Waals surface area (Å²) in [6.45, 7) is 0. The van der Waals surface area contributed by atoms with Gasteiger partial charge in [0.25, 0.3) is 0 Å². The molecule has 27 heavy (non-hydrogen) atoms. The summed E-state index contributed by atoms with van der Waals surface area (Å²) in [5, 5.41) is 16.5. The van der Waals surface area contributed by atoms with E-state index in [1.165, 1.54) is 19.3 Å². The van der Waals surface area contributed by atoms with Crippen molar-refractivity contribution in [2.75, 3.05) is 10.6 Å². The van der Waals surface area contributed by atoms with Crippen LogP contribution < -0.4 is 10.6 Å². The van der Waals surface area contributed by atoms with Crippen LogP contribution in [-0.4, -0.2) is 21.1 Å². The van der Waals surface area contributed by atoms with E-state index in [1.54, 1.807) is 18.2 Å². The van der Waals surface area contributed by atoms with Gasteiger partial charge in [-0.1, -0.05) is 55.7 Å². The van der Waals surface area contributed by atoms with Crippen molar-refractivity contribution >= 4 is 17.5 Å². The van der Waals surface area contributed by atoms with Crippen molar-refractivity contribution in [2.24, 2.45) is 0 Å². The molecule has 4 rings (SSSR count). The first kappa shape index (κ1) is 17.3. The summed E-state index contributed by atoms with van der Waals surface area (Å²) in [4.78, 5) is 9.41. The number of nitrogens with zero attached hydrogens (tertiary/aromatic N) is 2. The predicted molar refractivity (Wildman–Crippen MR) is 109 cm³/mol. The smallest absolute Gasteiger partial charge is 0.225 e. The molecule has 3 N–H and O–H groups in total. The summed E-state index contributed by atoms with van der Waals surface area (Å²) in [5.74, 6) is 1.57. The fraction of sp³-hybridized carbons (Fsp3) is 0.273. The third-order valence-corrected chi connectivity index (χ3v) is 4.85. The Morgan fingerprint density at radius 3 is 2.44 bits per heavy atom. The second kappa shape index (κ2) is 8.08. The van der Waals surface area contributed by atoms with Crippen LogP contribution >= 0.6 is 0 Å². The van der Waals surface area contributed by atoms with Gasteiger partial charge in [0.05, 0.1) is 5.69 Å². The van der Waals surface area contributed by atoms with Crippen LogP contribution in [0.15, 0.2) is 60.7 Å². The maximum absolute atomic E-state index is 9.71. The Morgan fingerprint density at radius 2 is 1.67 bits per heavy atom. The zero-order valence-electron chi connectivity index (χ0n) is 15.2. The highest BCUT2D eigenvalue weighted by Crippen LogP contribution is 2.26. The highest BCUT2D eigenvalue weighted by Gasteiger charge is 2.15. The number of aromatic hydroxyl groups is 1. The molecule has 1 fully saturated rings. The second-order valence-corrected chi connectivity index (χ2v) is 6.98. The molecule has 0 aliphatic heterocycles. The minimum atomic E-state index is 0.220. The molecule has 0 saturated heterocycles. The van der Waals surface area contributed by atoms with Gasteiger partial charge in [-0.2, -0.15) is 4.98 Å². The van der Waals surface area contributed by atoms with E-state index in [9.17, 15) is 5.11 Å². The number of rotatable bonds is 5. The lowest BCUT2D eigenvalue weighted by Crippen LogP contribution is -2.23. The van der Waals surface area contributed by atoms with Crippen LogP contribution in [-0.2, 0) is 0 Å². The molecular weight excluding hydrogens is 336 g/mol. The third-order valence-electron chi connectivity index (χ3n) is 4.85. The van der Waals surface area contributed by atoms with E-state index in [0.717, 1.165) is 29.8 Å². The zero-order chi connectivity index (χ0) is 18.5. The van der Waals surface area contributed by atoms with Gasteiger partial charge >= 0.3 is 0 Å². The summed E-state index contributed by atoms with van der Waals surface area (Å²) in [6, 6.07) is 19.5. The molecule has 1 aliphatic carbocycles. The SMILES string of the molecule is Oc1cccc(Nc2cc(-c3ccccc3)nc(NC3CCCCC3)n2)c1. The summed E-state index contributed by atoms with van der Waals surface area (Å²) in [7, 11) is 0. The van der Waals surface area contributed by atoms with Gasteiger partial charge in [-0.15, -0.1) is 0 Å². The molecule has 1 saturated carbocycles. The van der Waals surface area contributed by atoms with Crippen LogP contribution in [0.25, 0.3) is 11.3 Å². The van der Waals surface area contributed by atoms with Crippen molar-refractivity contribution in [1.29, 1.82) is 0 Å². The number of phenolic OH excluding ortho intramolecular Hbond substituents is 1. The van der Waals surface area contributed by atoms with Crippen molar-refractivity contribution < 1.29 is 5.11 Å². The number of benzene rings is 2. The molecule has 0 unspecified atom stereocenters. The Balaban J connectivity index is 1.65. The molecule has 0 radical (unpaired) electrons. The quantitative estimate of drug-likeness (QED) is 0.573. The van der Waals surface area contributed by atoms with Gasteiger partial charge in [0, 0.05) is 29.4 Å². The standard InChI is InChI=1S/C22H24N4O/c27-19-13-7-12-18(14-19)23-21-15-20(16-8-3-1-4-9-16)25-22(26-21)24-17-10-5-2-6-11-17/h1,3-4,7-9,12-15,17,27H,2,5-6,10-11H2,(H2,23,24,25,26). The van der Waals surface area contributed by atoms with Gasteiger partial charge in [0.15, 0.2) is 0 Å². The van der Waals surface area contributed by atoms with E-state index in [-0.39, 0.29) is 5.75 Å². The van der Waals surface area contributed by atoms with Gasteiger partial charge < -0.3 is 15.7 Å². The number of anilines is 3. The molecule has 2 aromatic carbocycles. The Kier molecular flexibility index (Phi) is 5.19. The van der Waals surface area contributed by atoms with Crippen molar-refractivity contribution in [2.45, 2.75) is 38.1 Å². The van der Waals surface area contributed by atoms with E-state index in [2.05, 4.69) is 15.6 Å². The fourth-order valence-electron chi connectivity index (χ4n) is 3.49. The van der Waals surface area contributed by atoms with Gasteiger partial charge in [-0.05, 0) is 25.0 Å². The molecule has 0 amide bonds. The molecule has 138 valence electrons. The largest absolute Gasteiger partial charge is 0.508 e. The van der Waals surface area contributed by atoms with Gasteiger partial charge in [-0.25, -0.2) is 4.98 Å². The third kappa shape index (κ3) is 4.56. The summed E-state index contributed by atoms with van der Waals surface area (Å²) in [5.41, 5.74) is 2.70. The minimum Gasteiger partial charge on any atom is -0.508 e. The summed E-state index contributed by atoms with van der Waals surface area (Å²) >= 11 is 0. The van der Waals surface area contributed by atoms with Crippen LogP contribution in [0.1, 0.15) is 32.1 Å². The van der Waals surface area contributed by atoms with Gasteiger partial charge in [0.2, 0.25) is 5.95 Å². The number of hydrogen-bond acceptors (Lipinski definition) is 5. The minimum absolute atomic E-state index is 0.220. The molecule has 1 aliphatic rings. The lowest BCUT2D eigenvalue weighted by Gasteiger charge is -2.23. The van der Waals surface area contributed by atoms with E-state index in [1.807, 2.05) is 42.5 Å². The molecule has 1 heterocycles. The number of nitrogens with one attached hydrogen (secondary N) is 2. The number of aromatic nitrogens is 2. The van der Waals surface area contributed by atoms with Crippen LogP contribution in [0, 0.1) is 0 Å². The molecule has 0 spiro atoms. The maximum atomic E-state index is 9.71. The lowest BCUT2D eigenvalue weighted by molar-refractivity contribution is 0.461. The van der Waals surface area contributed by atoms with E-state index < -0.39 is 0 Å². The Bertz CT molecular complexity index is 892. The van der Waals surface area contributed by atoms with Crippen LogP contribution in [0.5, 0.6) is 5.75 Å². The molecule has 5 heteroatoms. The first-order valence-corrected chi connectivity index (χ1v) is 9.53. The zero-order valence-corrected chi connectivity index (χ0v) is 15.2. The first-order chi connectivity index (χ1) is 13.3. The molecule has 0 bridgehead atoms. The highest BCUT2D eigenvalue weighted by molar-refractivity contribution is 5.67. The van der Waals surface area contributed by atoms with Crippen LogP contribution in [0.3, 0.4) is 0 Å². The number of phenols is 1. The topological polar surface area (TPSA) is 70.1 Å². The second-order valence-electron chi connectivity index (χ2n) is 6.98. The van der Waals surface area contributed by atoms with Crippen molar-refractivity contribution in [1.82, 2.24) is 9.97 Å². The Labute approximate surface area is 159 Å². The van der Waals surface area contributed by atoms with Gasteiger partial charge in [-0.3, -0.25) is 0 Å². The first-order valence-electron chi connectivity index (χ1n) is 9.53. The maximum Gasteiger partial charge on any atom is 0.225 e. The summed E-state index contributed by atoms with van der Waals surface area (Å²) in [6.07, 6.45) is 6.14. The Hall–Kier alpha value is -3.08. The monoisotopic (exact) mass is 360 g/mol. The van der Waals surface area contributed by atoms with Crippen molar-refractivity contribution in [3.63, 3.8) is 0 Å². The average Bonchev–Trinajstić information content (AvgIpc) is 2.69. The summed E-state index contributed by atoms with van der Waals surface area (Å²) < 4.78 is 0. The van der Waals surface area contributed by atoms with Crippen LogP contribution in [0.2, 0.25) is 0 Å². The Morgan fingerprint density at radius 1 is 0.852 bits per heavy atom. The van der Waals surface area contributed by atoms with Crippen molar-refractivity contribution in [3.05, 3.63) is 60.7 Å². The fourth-order valence-corrected chi connectivity index (χ4v) is 3.49. The normalized spacial score (nSPS) is 14.7. The van der Waals surface area contributed by atoms with E-state index >= 15 is 0 Å². The van der Waals surface area contributed by atoms with Gasteiger partial charge in [0.1, 0.15) is 11.6 Å². The average molecular weight is 360 g/mol. The van der Waals surface area contributed by atoms with Crippen molar-refractivity contribution in [3.8, 4) is 17.0 Å². The molecule has 1 aromatic heterocycles. The predicted octanol–water partition coefficient (Wildman–Crippen LogP) is 5.34. The lowest BCUT2D eigenvalue weighted by atomic mass is 9.96. The highest BCUT2D eigenvalue weighted by atomic mass is 16.3. The molecule has 3 aromatic rings. The van der Waals surface area contributed by atoms with E-state index in [4.69, 9.17) is 4.98 Å². The van der Waals surface area contributed by atoms with Crippen LogP contribution in [0.4, 0.5) is 17.5 Å². The molecule has 5 nitrogen and oxygen atoms in total. The molecule has 0 atom stereocenters. The van der Waals surface area contributed by atoms with E-state index in [0.29, 0.717) is 17.8 Å².